The zero-order valence-electron chi connectivity index (χ0n) is 24.4. The van der Waals surface area contributed by atoms with Crippen LogP contribution in [0.2, 0.25) is 0 Å². The van der Waals surface area contributed by atoms with E-state index in [9.17, 15) is 8.42 Å². The number of hydrogen-bond acceptors (Lipinski definition) is 3. The van der Waals surface area contributed by atoms with Crippen LogP contribution in [0.4, 0.5) is 0 Å². The van der Waals surface area contributed by atoms with Gasteiger partial charge in [-0.3, -0.25) is 0 Å². The largest absolute Gasteiger partial charge is 0.361 e. The Morgan fingerprint density at radius 1 is 1.55 bits per heavy atom. The third-order valence-electron chi connectivity index (χ3n) is 2.32. The summed E-state index contributed by atoms with van der Waals surface area (Å²) in [6.45, 7) is -8.85. The Labute approximate surface area is 139 Å². The number of aryl methyl sites for hydroxylation is 1. The van der Waals surface area contributed by atoms with Gasteiger partial charge in [-0.1, -0.05) is 6.04 Å². The molecule has 20 heavy (non-hydrogen) atoms. The second-order valence-electron chi connectivity index (χ2n) is 3.83. The molecule has 1 aromatic heterocycles. The van der Waals surface area contributed by atoms with E-state index in [1.807, 2.05) is 0 Å². The predicted octanol–water partition coefficient (Wildman–Crippen LogP) is 1.32. The van der Waals surface area contributed by atoms with Crippen LogP contribution < -0.4 is 4.72 Å². The van der Waals surface area contributed by atoms with Crippen molar-refractivity contribution in [3.05, 3.63) is 35.4 Å². The van der Waals surface area contributed by atoms with E-state index in [4.69, 9.17) is 19.2 Å². The van der Waals surface area contributed by atoms with Crippen molar-refractivity contribution < 1.29 is 27.6 Å². The minimum atomic E-state index is -5.39. The van der Waals surface area contributed by atoms with Gasteiger partial charge in [-0.25, -0.2) is 13.1 Å². The Bertz CT molecular complexity index is 1220. The molecule has 0 saturated heterocycles. The average molecular weight is 309 g/mol. The van der Waals surface area contributed by atoms with Gasteiger partial charge >= 0.3 is 0 Å². The number of rotatable bonds is 6. The van der Waals surface area contributed by atoms with Crippen LogP contribution in [0.5, 0.6) is 0 Å². The quantitative estimate of drug-likeness (QED) is 0.846. The highest BCUT2D eigenvalue weighted by Crippen LogP contribution is 2.21. The van der Waals surface area contributed by atoms with Gasteiger partial charge in [-0.15, -0.1) is 0 Å². The highest BCUT2D eigenvalue weighted by atomic mass is 32.2. The molecule has 0 aliphatic heterocycles. The Hall–Kier alpha value is -1.37. The maximum atomic E-state index is 12.5. The second-order valence-corrected chi connectivity index (χ2v) is 5.25. The summed E-state index contributed by atoms with van der Waals surface area (Å²) in [6, 6.07) is -2.87. The van der Waals surface area contributed by atoms with E-state index in [1.54, 1.807) is 0 Å². The summed E-state index contributed by atoms with van der Waals surface area (Å²) in [7, 11) is -4.43. The number of sulfonamides is 1. The summed E-state index contributed by atoms with van der Waals surface area (Å²) >= 11 is 0. The van der Waals surface area contributed by atoms with Gasteiger partial charge in [0.05, 0.1) is 11.2 Å². The van der Waals surface area contributed by atoms with Crippen LogP contribution in [-0.2, 0) is 22.1 Å². The van der Waals surface area contributed by atoms with Crippen molar-refractivity contribution in [3.8, 4) is 0 Å². The molecule has 0 saturated carbocycles. The molecule has 1 aromatic carbocycles. The minimum absolute atomic E-state index is 0.354. The third-order valence-corrected chi connectivity index (χ3v) is 3.06. The van der Waals surface area contributed by atoms with Crippen molar-refractivity contribution >= 4 is 20.9 Å². The van der Waals surface area contributed by atoms with Crippen LogP contribution in [0.15, 0.2) is 24.3 Å². The summed E-state index contributed by atoms with van der Waals surface area (Å²) in [6.07, 6.45) is -1.38. The van der Waals surface area contributed by atoms with Crippen molar-refractivity contribution in [1.29, 1.82) is 0 Å². The Balaban J connectivity index is 2.85. The first kappa shape index (κ1) is 5.12. The topological polar surface area (TPSA) is 65.2 Å². The van der Waals surface area contributed by atoms with Gasteiger partial charge in [0.1, 0.15) is 0 Å². The first-order chi connectivity index (χ1) is 15.0. The number of hydrogen-bond donors (Lipinski definition) is 2. The monoisotopic (exact) mass is 309 g/mol. The SMILES string of the molecule is [2H]c1[nH]c2c([2H])c([2H])c(C([2H])([2H])S(=O)(=O)NC([2H])([2H])[2H])c([2H])c2c1CC([2H])([2H])N(C)C([2H])([2H])[2H]. The molecule has 2 aromatic rings. The molecular formula is C14H21N3O2S. The fraction of sp³-hybridized carbons (Fsp3) is 0.429. The number of likely N-dealkylation sites (N-methyl/N-ethyl adjacent to an activating group) is 1. The van der Waals surface area contributed by atoms with Gasteiger partial charge in [-0.2, -0.15) is 0 Å². The molecular weight excluding hydrogens is 274 g/mol. The molecule has 6 heteroatoms. The number of H-pyrrole nitrogens is 1. The number of nitrogens with zero attached hydrogens (tertiary/aromatic N) is 1. The lowest BCUT2D eigenvalue weighted by Gasteiger charge is -2.08. The van der Waals surface area contributed by atoms with Crippen molar-refractivity contribution in [2.45, 2.75) is 12.1 Å². The fourth-order valence-corrected chi connectivity index (χ4v) is 1.89. The third kappa shape index (κ3) is 3.59. The molecule has 1 heterocycles. The molecule has 2 rings (SSSR count). The van der Waals surface area contributed by atoms with Gasteiger partial charge in [0, 0.05) is 37.3 Å². The molecule has 2 N–H and O–H groups in total. The van der Waals surface area contributed by atoms with Crippen LogP contribution in [-0.4, -0.2) is 45.8 Å². The molecule has 0 aliphatic rings. The lowest BCUT2D eigenvalue weighted by Crippen LogP contribution is -2.20. The fourth-order valence-electron chi connectivity index (χ4n) is 1.47. The zero-order valence-corrected chi connectivity index (χ0v) is 11.2. The maximum absolute atomic E-state index is 12.5. The van der Waals surface area contributed by atoms with E-state index in [1.165, 1.54) is 0 Å². The normalized spacial score (nSPS) is 25.3. The lowest BCUT2D eigenvalue weighted by atomic mass is 10.1. The summed E-state index contributed by atoms with van der Waals surface area (Å²) in [4.78, 5) is 2.76. The highest BCUT2D eigenvalue weighted by Gasteiger charge is 2.11. The minimum Gasteiger partial charge on any atom is -0.361 e. The van der Waals surface area contributed by atoms with Crippen molar-refractivity contribution in [2.75, 3.05) is 27.5 Å². The molecule has 0 radical (unpaired) electrons. The number of fused-ring (bicyclic) bond motifs is 1. The first-order valence-corrected chi connectivity index (χ1v) is 6.83. The number of nitrogens with one attached hydrogen (secondary N) is 2. The first-order valence-electron chi connectivity index (χ1n) is 12.3. The Morgan fingerprint density at radius 3 is 3.15 bits per heavy atom. The van der Waals surface area contributed by atoms with Crippen LogP contribution in [0.3, 0.4) is 0 Å². The molecule has 0 bridgehead atoms. The molecule has 0 aliphatic carbocycles. The number of aromatic amines is 1. The molecule has 0 amide bonds. The van der Waals surface area contributed by atoms with E-state index in [-0.39, 0.29) is 11.1 Å². The molecule has 0 fully saturated rings. The van der Waals surface area contributed by atoms with E-state index >= 15 is 0 Å². The molecule has 0 atom stereocenters. The van der Waals surface area contributed by atoms with Crippen LogP contribution >= 0.6 is 0 Å². The molecule has 5 nitrogen and oxygen atoms in total. The molecule has 0 unspecified atom stereocenters. The maximum Gasteiger partial charge on any atom is 0.215 e. The van der Waals surface area contributed by atoms with Crippen LogP contribution in [0.1, 0.15) is 30.3 Å². The molecule has 0 spiro atoms. The Morgan fingerprint density at radius 2 is 2.40 bits per heavy atom. The van der Waals surface area contributed by atoms with Crippen LogP contribution in [0, 0.1) is 0 Å². The van der Waals surface area contributed by atoms with E-state index in [0.29, 0.717) is 4.90 Å². The number of aromatic nitrogens is 1. The summed E-state index contributed by atoms with van der Waals surface area (Å²) < 4.78 is 135. The number of benzene rings is 1. The Kier molecular flexibility index (Phi) is 1.52. The van der Waals surface area contributed by atoms with Crippen molar-refractivity contribution in [3.63, 3.8) is 0 Å². The summed E-state index contributed by atoms with van der Waals surface area (Å²) in [5.74, 6) is 0. The van der Waals surface area contributed by atoms with Crippen molar-refractivity contribution in [2.24, 2.45) is 0 Å². The lowest BCUT2D eigenvalue weighted by molar-refractivity contribution is 0.414. The smallest absolute Gasteiger partial charge is 0.215 e. The van der Waals surface area contributed by atoms with Crippen LogP contribution in [0.25, 0.3) is 10.9 Å². The summed E-state index contributed by atoms with van der Waals surface area (Å²) in [5.41, 5.74) is -5.59. The van der Waals surface area contributed by atoms with Gasteiger partial charge in [0.2, 0.25) is 10.0 Å². The van der Waals surface area contributed by atoms with Gasteiger partial charge in [0.25, 0.3) is 0 Å². The van der Waals surface area contributed by atoms with E-state index < -0.39 is 77.8 Å². The van der Waals surface area contributed by atoms with E-state index in [2.05, 4.69) is 4.98 Å². The summed E-state index contributed by atoms with van der Waals surface area (Å²) in [5, 5.41) is -0.461. The standard InChI is InChI=1S/C14H21N3O2S/c1-15-20(18,19)10-11-4-5-14-13(8-11)12(9-16-14)6-7-17(2)3/h4-5,8-9,15-16H,6-7,10H2,1-3H3/i1D3,2D3,4D,5D,7D2,8D,9D,10D2. The van der Waals surface area contributed by atoms with Gasteiger partial charge in [-0.05, 0) is 50.6 Å². The van der Waals surface area contributed by atoms with Gasteiger partial charge in [0.15, 0.2) is 0 Å². The van der Waals surface area contributed by atoms with Gasteiger partial charge < -0.3 is 9.88 Å². The zero-order chi connectivity index (χ0) is 26.8. The second kappa shape index (κ2) is 5.95. The average Bonchev–Trinajstić information content (AvgIpc) is 2.92. The highest BCUT2D eigenvalue weighted by molar-refractivity contribution is 7.88. The van der Waals surface area contributed by atoms with E-state index in [0.717, 1.165) is 11.8 Å². The predicted molar refractivity (Wildman–Crippen MR) is 82.2 cm³/mol. The van der Waals surface area contributed by atoms with Crippen molar-refractivity contribution in [1.82, 2.24) is 14.6 Å². The molecule has 110 valence electrons.